The number of carbonyl (C=O) groups is 1. The second-order valence-electron chi connectivity index (χ2n) is 8.93. The Morgan fingerprint density at radius 3 is 2.75 bits per heavy atom. The number of hydrogen-bond acceptors (Lipinski definition) is 5. The number of rotatable bonds is 5. The van der Waals surface area contributed by atoms with E-state index >= 15 is 0 Å². The molecule has 2 aromatic carbocycles. The van der Waals surface area contributed by atoms with Gasteiger partial charge >= 0.3 is 5.97 Å². The number of nitrogens with zero attached hydrogens (tertiary/aromatic N) is 3. The lowest BCUT2D eigenvalue weighted by Crippen LogP contribution is -2.07. The molecule has 0 saturated carbocycles. The van der Waals surface area contributed by atoms with E-state index in [0.717, 1.165) is 33.3 Å². The molecule has 0 aliphatic heterocycles. The SMILES string of the molecule is Cc1c(-c2cc(C(=O)O)c3c(O[C@@H](C)c4ccc5nccn5c4)ccc(C)c3n2)oc2ccccc12. The van der Waals surface area contributed by atoms with Crippen molar-refractivity contribution in [3.63, 3.8) is 0 Å². The van der Waals surface area contributed by atoms with Gasteiger partial charge in [-0.15, -0.1) is 0 Å². The molecule has 1 atom stereocenters. The lowest BCUT2D eigenvalue weighted by molar-refractivity contribution is 0.0698. The van der Waals surface area contributed by atoms with Crippen molar-refractivity contribution in [1.29, 1.82) is 0 Å². The van der Waals surface area contributed by atoms with Crippen LogP contribution in [0.15, 0.2) is 77.6 Å². The van der Waals surface area contributed by atoms with Crippen LogP contribution in [0.1, 0.15) is 40.1 Å². The van der Waals surface area contributed by atoms with Crippen LogP contribution in [-0.2, 0) is 0 Å². The molecule has 7 heteroatoms. The molecule has 0 saturated heterocycles. The van der Waals surface area contributed by atoms with Gasteiger partial charge in [0.2, 0.25) is 0 Å². The summed E-state index contributed by atoms with van der Waals surface area (Å²) in [7, 11) is 0. The Morgan fingerprint density at radius 1 is 1.11 bits per heavy atom. The Labute approximate surface area is 206 Å². The summed E-state index contributed by atoms with van der Waals surface area (Å²) < 4.78 is 14.4. The van der Waals surface area contributed by atoms with Crippen molar-refractivity contribution in [3.05, 3.63) is 95.4 Å². The zero-order valence-electron chi connectivity index (χ0n) is 20.0. The van der Waals surface area contributed by atoms with Crippen molar-refractivity contribution in [2.75, 3.05) is 0 Å². The molecule has 0 radical (unpaired) electrons. The second kappa shape index (κ2) is 8.23. The van der Waals surface area contributed by atoms with Gasteiger partial charge in [0, 0.05) is 35.1 Å². The van der Waals surface area contributed by atoms with Crippen LogP contribution < -0.4 is 4.74 Å². The highest BCUT2D eigenvalue weighted by Crippen LogP contribution is 2.38. The van der Waals surface area contributed by atoms with Crippen molar-refractivity contribution in [3.8, 4) is 17.2 Å². The predicted molar refractivity (Wildman–Crippen MR) is 138 cm³/mol. The Morgan fingerprint density at radius 2 is 1.94 bits per heavy atom. The molecule has 0 spiro atoms. The number of ether oxygens (including phenoxy) is 1. The molecule has 7 nitrogen and oxygen atoms in total. The fraction of sp³-hybridized carbons (Fsp3) is 0.138. The highest BCUT2D eigenvalue weighted by molar-refractivity contribution is 6.07. The standard InChI is InChI=1S/C29H23N3O4/c1-16-8-10-24(35-18(3)19-9-11-25-30-12-13-32(25)15-19)26-21(29(33)34)14-22(31-27(16)26)28-17(2)20-6-4-5-7-23(20)36-28/h4-15,18H,1-3H3,(H,33,34)/t18-/m0/s1. The second-order valence-corrected chi connectivity index (χ2v) is 8.93. The third kappa shape index (κ3) is 3.48. The van der Waals surface area contributed by atoms with Crippen LogP contribution in [0, 0.1) is 13.8 Å². The summed E-state index contributed by atoms with van der Waals surface area (Å²) in [5, 5.41) is 11.6. The molecule has 6 rings (SSSR count). The minimum atomic E-state index is -1.06. The number of aromatic nitrogens is 3. The summed E-state index contributed by atoms with van der Waals surface area (Å²) in [6.45, 7) is 5.80. The first kappa shape index (κ1) is 21.9. The zero-order chi connectivity index (χ0) is 25.0. The number of hydrogen-bond donors (Lipinski definition) is 1. The topological polar surface area (TPSA) is 89.9 Å². The van der Waals surface area contributed by atoms with E-state index in [1.54, 1.807) is 12.3 Å². The van der Waals surface area contributed by atoms with Gasteiger partial charge in [0.05, 0.1) is 16.5 Å². The van der Waals surface area contributed by atoms with E-state index in [4.69, 9.17) is 14.1 Å². The van der Waals surface area contributed by atoms with Gasteiger partial charge in [0.25, 0.3) is 0 Å². The van der Waals surface area contributed by atoms with E-state index in [-0.39, 0.29) is 11.7 Å². The molecule has 0 aliphatic rings. The van der Waals surface area contributed by atoms with Crippen LogP contribution in [0.5, 0.6) is 5.75 Å². The fourth-order valence-electron chi connectivity index (χ4n) is 4.68. The van der Waals surface area contributed by atoms with Crippen molar-refractivity contribution in [2.45, 2.75) is 26.9 Å². The molecule has 36 heavy (non-hydrogen) atoms. The van der Waals surface area contributed by atoms with Gasteiger partial charge in [-0.3, -0.25) is 0 Å². The summed E-state index contributed by atoms with van der Waals surface area (Å²) in [4.78, 5) is 21.6. The minimum Gasteiger partial charge on any atom is -0.485 e. The molecule has 6 aromatic rings. The largest absolute Gasteiger partial charge is 0.485 e. The molecule has 0 aliphatic carbocycles. The molecule has 4 heterocycles. The molecular formula is C29H23N3O4. The zero-order valence-corrected chi connectivity index (χ0v) is 20.0. The highest BCUT2D eigenvalue weighted by Gasteiger charge is 2.22. The molecule has 0 amide bonds. The third-order valence-electron chi connectivity index (χ3n) is 6.62. The number of pyridine rings is 2. The number of imidazole rings is 1. The van der Waals surface area contributed by atoms with Crippen LogP contribution in [0.3, 0.4) is 0 Å². The molecule has 178 valence electrons. The van der Waals surface area contributed by atoms with Gasteiger partial charge in [-0.2, -0.15) is 0 Å². The minimum absolute atomic E-state index is 0.116. The van der Waals surface area contributed by atoms with E-state index in [2.05, 4.69) is 4.98 Å². The maximum atomic E-state index is 12.5. The van der Waals surface area contributed by atoms with Gasteiger partial charge in [0.15, 0.2) is 5.76 Å². The molecule has 4 aromatic heterocycles. The van der Waals surface area contributed by atoms with Gasteiger partial charge in [-0.25, -0.2) is 14.8 Å². The maximum absolute atomic E-state index is 12.5. The molecular weight excluding hydrogens is 454 g/mol. The van der Waals surface area contributed by atoms with E-state index < -0.39 is 5.97 Å². The van der Waals surface area contributed by atoms with Gasteiger partial charge in [0.1, 0.15) is 28.8 Å². The van der Waals surface area contributed by atoms with Crippen LogP contribution in [0.2, 0.25) is 0 Å². The highest BCUT2D eigenvalue weighted by atomic mass is 16.5. The summed E-state index contributed by atoms with van der Waals surface area (Å²) in [6.07, 6.45) is 5.24. The molecule has 0 bridgehead atoms. The van der Waals surface area contributed by atoms with Crippen LogP contribution in [0.4, 0.5) is 0 Å². The number of benzene rings is 2. The first-order valence-corrected chi connectivity index (χ1v) is 11.7. The summed E-state index contributed by atoms with van der Waals surface area (Å²) in [6, 6.07) is 16.9. The van der Waals surface area contributed by atoms with E-state index in [1.165, 1.54) is 0 Å². The van der Waals surface area contributed by atoms with Crippen LogP contribution in [-0.4, -0.2) is 25.4 Å². The van der Waals surface area contributed by atoms with Gasteiger partial charge in [-0.1, -0.05) is 30.3 Å². The van der Waals surface area contributed by atoms with E-state index in [1.807, 2.05) is 86.1 Å². The number of carboxylic acid groups (broad SMARTS) is 1. The van der Waals surface area contributed by atoms with Crippen LogP contribution >= 0.6 is 0 Å². The molecule has 0 fully saturated rings. The number of aromatic carboxylic acids is 1. The monoisotopic (exact) mass is 477 g/mol. The van der Waals surface area contributed by atoms with Crippen molar-refractivity contribution in [2.24, 2.45) is 0 Å². The van der Waals surface area contributed by atoms with Crippen molar-refractivity contribution in [1.82, 2.24) is 14.4 Å². The maximum Gasteiger partial charge on any atom is 0.336 e. The summed E-state index contributed by atoms with van der Waals surface area (Å²) in [5.74, 6) is -0.0275. The average molecular weight is 478 g/mol. The third-order valence-corrected chi connectivity index (χ3v) is 6.62. The normalized spacial score (nSPS) is 12.4. The number of furan rings is 1. The Balaban J connectivity index is 1.49. The Hall–Kier alpha value is -4.65. The molecule has 1 N–H and O–H groups in total. The quantitative estimate of drug-likeness (QED) is 0.295. The van der Waals surface area contributed by atoms with Crippen molar-refractivity contribution >= 4 is 33.5 Å². The first-order chi connectivity index (χ1) is 17.4. The molecule has 0 unspecified atom stereocenters. The number of para-hydroxylation sites is 1. The predicted octanol–water partition coefficient (Wildman–Crippen LogP) is 6.75. The lowest BCUT2D eigenvalue weighted by atomic mass is 10.0. The van der Waals surface area contributed by atoms with Gasteiger partial charge in [-0.05, 0) is 50.6 Å². The van der Waals surface area contributed by atoms with Crippen LogP contribution in [0.25, 0.3) is 39.0 Å². The number of carboxylic acids is 1. The Bertz CT molecular complexity index is 1800. The van der Waals surface area contributed by atoms with E-state index in [0.29, 0.717) is 28.1 Å². The fourth-order valence-corrected chi connectivity index (χ4v) is 4.68. The van der Waals surface area contributed by atoms with Gasteiger partial charge < -0.3 is 18.7 Å². The number of fused-ring (bicyclic) bond motifs is 3. The van der Waals surface area contributed by atoms with E-state index in [9.17, 15) is 9.90 Å². The summed E-state index contributed by atoms with van der Waals surface area (Å²) >= 11 is 0. The smallest absolute Gasteiger partial charge is 0.336 e. The Kier molecular flexibility index (Phi) is 5.00. The lowest BCUT2D eigenvalue weighted by Gasteiger charge is -2.19. The van der Waals surface area contributed by atoms with Crippen molar-refractivity contribution < 1.29 is 19.1 Å². The summed E-state index contributed by atoms with van der Waals surface area (Å²) in [5.41, 5.74) is 5.45. The average Bonchev–Trinajstić information content (AvgIpc) is 3.49. The number of aryl methyl sites for hydroxylation is 2. The first-order valence-electron chi connectivity index (χ1n) is 11.7.